The number of carbonyl (C=O) groups is 3. The van der Waals surface area contributed by atoms with Gasteiger partial charge in [-0.2, -0.15) is 0 Å². The van der Waals surface area contributed by atoms with Crippen LogP contribution in [0.1, 0.15) is 106 Å². The number of esters is 3. The monoisotopic (exact) mass is 782 g/mol. The van der Waals surface area contributed by atoms with Gasteiger partial charge in [0.05, 0.1) is 43.3 Å². The van der Waals surface area contributed by atoms with E-state index in [4.69, 9.17) is 88.6 Å². The molecule has 0 radical (unpaired) electrons. The molecule has 5 atom stereocenters. The summed E-state index contributed by atoms with van der Waals surface area (Å²) in [6.45, 7) is 5.99. The number of benzene rings is 2. The smallest absolute Gasteiger partial charge is 0.352 e. The molecule has 0 spiro atoms. The average Bonchev–Trinajstić information content (AvgIpc) is 3.07. The van der Waals surface area contributed by atoms with Gasteiger partial charge in [0.15, 0.2) is 17.6 Å². The summed E-state index contributed by atoms with van der Waals surface area (Å²) in [6, 6.07) is 2.55. The average molecular weight is 785 g/mol. The molecule has 2 fully saturated rings. The highest BCUT2D eigenvalue weighted by atomic mass is 35.5. The molecule has 7 nitrogen and oxygen atoms in total. The number of halogens is 6. The van der Waals surface area contributed by atoms with E-state index in [1.165, 1.54) is 19.1 Å². The molecular weight excluding hydrogens is 745 g/mol. The van der Waals surface area contributed by atoms with Crippen LogP contribution in [0.25, 0.3) is 0 Å². The van der Waals surface area contributed by atoms with Crippen molar-refractivity contribution in [3.63, 3.8) is 0 Å². The van der Waals surface area contributed by atoms with E-state index in [0.717, 1.165) is 64.2 Å². The number of rotatable bonds is 12. The minimum atomic E-state index is -1.39. The molecule has 2 saturated carbocycles. The molecule has 0 amide bonds. The molecule has 2 aliphatic rings. The molecule has 0 heterocycles. The summed E-state index contributed by atoms with van der Waals surface area (Å²) in [5, 5.41) is -0.566. The molecule has 5 unspecified atom stereocenters. The van der Waals surface area contributed by atoms with Gasteiger partial charge in [-0.15, -0.1) is 0 Å². The topological polar surface area (TPSA) is 88.1 Å². The lowest BCUT2D eigenvalue weighted by Gasteiger charge is -2.30. The third-order valence-electron chi connectivity index (χ3n) is 9.53. The Labute approximate surface area is 312 Å². The molecule has 0 N–H and O–H groups in total. The van der Waals surface area contributed by atoms with Gasteiger partial charge in [0, 0.05) is 0 Å². The summed E-state index contributed by atoms with van der Waals surface area (Å²) in [5.41, 5.74) is -0.508. The van der Waals surface area contributed by atoms with E-state index >= 15 is 0 Å². The van der Waals surface area contributed by atoms with Gasteiger partial charge in [0.1, 0.15) is 11.1 Å². The van der Waals surface area contributed by atoms with Crippen molar-refractivity contribution in [3.05, 3.63) is 53.4 Å². The van der Waals surface area contributed by atoms with E-state index in [-0.39, 0.29) is 77.8 Å². The maximum absolute atomic E-state index is 13.4. The third kappa shape index (κ3) is 9.38. The minimum absolute atomic E-state index is 0.00419. The van der Waals surface area contributed by atoms with E-state index in [0.29, 0.717) is 11.8 Å². The van der Waals surface area contributed by atoms with Crippen LogP contribution < -0.4 is 9.47 Å². The van der Waals surface area contributed by atoms with Crippen molar-refractivity contribution < 1.29 is 33.3 Å². The second kappa shape index (κ2) is 18.1. The zero-order valence-electron chi connectivity index (χ0n) is 27.2. The van der Waals surface area contributed by atoms with Crippen molar-refractivity contribution in [1.29, 1.82) is 0 Å². The van der Waals surface area contributed by atoms with Gasteiger partial charge in [0.2, 0.25) is 0 Å². The molecule has 0 saturated heterocycles. The number of carbonyl (C=O) groups excluding carboxylic acids is 3. The number of ether oxygens (including phenoxy) is 4. The van der Waals surface area contributed by atoms with Crippen LogP contribution in [0.2, 0.25) is 30.1 Å². The molecule has 13 heteroatoms. The highest BCUT2D eigenvalue weighted by molar-refractivity contribution is 6.46. The van der Waals surface area contributed by atoms with Crippen LogP contribution in [-0.4, -0.2) is 37.2 Å². The van der Waals surface area contributed by atoms with Crippen LogP contribution in [-0.2, 0) is 14.3 Å². The zero-order chi connectivity index (χ0) is 35.1. The first-order valence-corrected chi connectivity index (χ1v) is 18.7. The van der Waals surface area contributed by atoms with Crippen molar-refractivity contribution in [3.8, 4) is 11.5 Å². The fourth-order valence-corrected chi connectivity index (χ4v) is 8.18. The van der Waals surface area contributed by atoms with Crippen LogP contribution >= 0.6 is 69.6 Å². The Morgan fingerprint density at radius 3 is 1.48 bits per heavy atom. The molecule has 4 rings (SSSR count). The van der Waals surface area contributed by atoms with Gasteiger partial charge in [-0.25, -0.2) is 14.4 Å². The van der Waals surface area contributed by atoms with E-state index in [9.17, 15) is 14.4 Å². The van der Waals surface area contributed by atoms with Crippen LogP contribution in [0.15, 0.2) is 12.1 Å². The van der Waals surface area contributed by atoms with Gasteiger partial charge in [-0.05, 0) is 55.6 Å². The Kier molecular flexibility index (Phi) is 14.7. The Bertz CT molecular complexity index is 1500. The third-order valence-corrected chi connectivity index (χ3v) is 11.7. The summed E-state index contributed by atoms with van der Waals surface area (Å²) < 4.78 is 22.8. The highest BCUT2D eigenvalue weighted by Gasteiger charge is 2.33. The van der Waals surface area contributed by atoms with E-state index < -0.39 is 24.0 Å². The lowest BCUT2D eigenvalue weighted by atomic mass is 9.78. The first-order valence-electron chi connectivity index (χ1n) is 16.4. The summed E-state index contributed by atoms with van der Waals surface area (Å²) in [7, 11) is 0. The molecule has 0 bridgehead atoms. The molecule has 0 aliphatic heterocycles. The zero-order valence-corrected chi connectivity index (χ0v) is 31.7. The Morgan fingerprint density at radius 1 is 0.646 bits per heavy atom. The maximum atomic E-state index is 13.4. The first kappa shape index (κ1) is 39.2. The van der Waals surface area contributed by atoms with Crippen molar-refractivity contribution >= 4 is 87.5 Å². The summed E-state index contributed by atoms with van der Waals surface area (Å²) >= 11 is 38.3. The molecule has 2 aromatic rings. The summed E-state index contributed by atoms with van der Waals surface area (Å²) in [5.74, 6) is -1.86. The Hall–Kier alpha value is -1.61. The second-order valence-electron chi connectivity index (χ2n) is 12.5. The molecule has 0 aromatic heterocycles. The first-order chi connectivity index (χ1) is 22.9. The molecule has 2 aliphatic carbocycles. The van der Waals surface area contributed by atoms with E-state index in [2.05, 4.69) is 13.8 Å². The van der Waals surface area contributed by atoms with Gasteiger partial charge in [0.25, 0.3) is 0 Å². The molecule has 2 aromatic carbocycles. The Balaban J connectivity index is 1.53. The standard InChI is InChI=1S/C35H40Cl6O7/c1-4-19-10-6-8-12-21(19)16-45-34(43)27-29(40)23(36)14-25(38)31(27)47-18(3)33(42)48-32-26(39)15-24(37)30(41)28(32)35(44)46-17-22-13-9-7-11-20(22)5-2/h14-15,18-22H,4-13,16-17H2,1-3H3. The van der Waals surface area contributed by atoms with Crippen molar-refractivity contribution in [2.75, 3.05) is 13.2 Å². The van der Waals surface area contributed by atoms with Gasteiger partial charge in [-0.3, -0.25) is 0 Å². The quantitative estimate of drug-likeness (QED) is 0.120. The largest absolute Gasteiger partial charge is 0.476 e. The fraction of sp³-hybridized carbons (Fsp3) is 0.571. The maximum Gasteiger partial charge on any atom is 0.352 e. The molecular formula is C35H40Cl6O7. The molecule has 48 heavy (non-hydrogen) atoms. The van der Waals surface area contributed by atoms with Crippen LogP contribution in [0.5, 0.6) is 11.5 Å². The lowest BCUT2D eigenvalue weighted by molar-refractivity contribution is -0.141. The van der Waals surface area contributed by atoms with E-state index in [1.807, 2.05) is 0 Å². The molecule has 264 valence electrons. The van der Waals surface area contributed by atoms with Crippen LogP contribution in [0, 0.1) is 23.7 Å². The number of hydrogen-bond acceptors (Lipinski definition) is 7. The minimum Gasteiger partial charge on any atom is -0.476 e. The Morgan fingerprint density at radius 2 is 1.04 bits per heavy atom. The highest BCUT2D eigenvalue weighted by Crippen LogP contribution is 2.43. The predicted octanol–water partition coefficient (Wildman–Crippen LogP) is 11.7. The number of hydrogen-bond donors (Lipinski definition) is 0. The normalized spacial score (nSPS) is 21.7. The van der Waals surface area contributed by atoms with E-state index in [1.54, 1.807) is 0 Å². The van der Waals surface area contributed by atoms with Crippen LogP contribution in [0.3, 0.4) is 0 Å². The van der Waals surface area contributed by atoms with Crippen LogP contribution in [0.4, 0.5) is 0 Å². The summed E-state index contributed by atoms with van der Waals surface area (Å²) in [4.78, 5) is 40.2. The van der Waals surface area contributed by atoms with Crippen molar-refractivity contribution in [1.82, 2.24) is 0 Å². The summed E-state index contributed by atoms with van der Waals surface area (Å²) in [6.07, 6.45) is 9.06. The van der Waals surface area contributed by atoms with Gasteiger partial charge in [-0.1, -0.05) is 135 Å². The van der Waals surface area contributed by atoms with Crippen molar-refractivity contribution in [2.45, 2.75) is 91.1 Å². The SMILES string of the molecule is CCC1CCCCC1COC(=O)c1c(Cl)c(Cl)cc(Cl)c1OC(=O)C(C)Oc1c(Cl)cc(Cl)c(Cl)c1C(=O)OCC1CCCCC1CC. The van der Waals surface area contributed by atoms with Crippen molar-refractivity contribution in [2.24, 2.45) is 23.7 Å². The predicted molar refractivity (Wildman–Crippen MR) is 191 cm³/mol. The van der Waals surface area contributed by atoms with Gasteiger partial charge >= 0.3 is 17.9 Å². The van der Waals surface area contributed by atoms with Gasteiger partial charge < -0.3 is 18.9 Å². The lowest BCUT2D eigenvalue weighted by Crippen LogP contribution is -2.30. The fourth-order valence-electron chi connectivity index (χ4n) is 6.74. The second-order valence-corrected chi connectivity index (χ2v) is 14.9.